The van der Waals surface area contributed by atoms with Gasteiger partial charge in [0.1, 0.15) is 17.2 Å². The van der Waals surface area contributed by atoms with Gasteiger partial charge in [-0.15, -0.1) is 0 Å². The molecule has 1 saturated heterocycles. The highest BCUT2D eigenvalue weighted by Gasteiger charge is 2.25. The Hall–Kier alpha value is -3.43. The Bertz CT molecular complexity index is 1170. The van der Waals surface area contributed by atoms with E-state index in [-0.39, 0.29) is 18.2 Å². The summed E-state index contributed by atoms with van der Waals surface area (Å²) in [5.41, 5.74) is 1.29. The summed E-state index contributed by atoms with van der Waals surface area (Å²) < 4.78 is 30.6. The number of amides is 1. The van der Waals surface area contributed by atoms with Crippen molar-refractivity contribution in [3.63, 3.8) is 0 Å². The van der Waals surface area contributed by atoms with Crippen LogP contribution in [0.2, 0.25) is 0 Å². The van der Waals surface area contributed by atoms with Gasteiger partial charge in [0, 0.05) is 37.9 Å². The fourth-order valence-corrected chi connectivity index (χ4v) is 4.03. The van der Waals surface area contributed by atoms with Crippen LogP contribution in [0.4, 0.5) is 19.3 Å². The highest BCUT2D eigenvalue weighted by atomic mass is 19.1. The van der Waals surface area contributed by atoms with Gasteiger partial charge >= 0.3 is 11.8 Å². The summed E-state index contributed by atoms with van der Waals surface area (Å²) >= 11 is 0. The lowest BCUT2D eigenvalue weighted by Crippen LogP contribution is -2.47. The van der Waals surface area contributed by atoms with Crippen LogP contribution in [-0.4, -0.2) is 44.4 Å². The predicted molar refractivity (Wildman–Crippen MR) is 107 cm³/mol. The summed E-state index contributed by atoms with van der Waals surface area (Å²) in [6.07, 6.45) is 1.98. The second-order valence-corrected chi connectivity index (χ2v) is 7.40. The summed E-state index contributed by atoms with van der Waals surface area (Å²) in [5, 5.41) is 11.5. The monoisotopic (exact) mass is 417 g/mol. The van der Waals surface area contributed by atoms with E-state index in [1.165, 1.54) is 9.13 Å². The zero-order valence-electron chi connectivity index (χ0n) is 16.3. The summed E-state index contributed by atoms with van der Waals surface area (Å²) in [6, 6.07) is 4.64. The molecule has 158 valence electrons. The number of rotatable bonds is 4. The lowest BCUT2D eigenvalue weighted by molar-refractivity contribution is 0.188. The molecule has 1 aliphatic rings. The first-order chi connectivity index (χ1) is 14.3. The molecule has 1 aromatic carbocycles. The Kier molecular flexibility index (Phi) is 5.15. The van der Waals surface area contributed by atoms with Crippen LogP contribution >= 0.6 is 0 Å². The van der Waals surface area contributed by atoms with Gasteiger partial charge in [0.05, 0.1) is 12.2 Å². The van der Waals surface area contributed by atoms with Crippen molar-refractivity contribution in [3.05, 3.63) is 58.1 Å². The van der Waals surface area contributed by atoms with Crippen molar-refractivity contribution in [1.29, 1.82) is 0 Å². The molecule has 0 unspecified atom stereocenters. The first kappa shape index (κ1) is 19.9. The molecule has 8 nitrogen and oxygen atoms in total. The second kappa shape index (κ2) is 7.77. The molecular formula is C20H21F2N5O3. The number of carboxylic acid groups (broad SMARTS) is 1. The average Bonchev–Trinajstić information content (AvgIpc) is 2.95. The van der Waals surface area contributed by atoms with Gasteiger partial charge in [-0.1, -0.05) is 0 Å². The average molecular weight is 417 g/mol. The van der Waals surface area contributed by atoms with Gasteiger partial charge in [-0.05, 0) is 37.1 Å². The SMILES string of the molecule is Cn1c(=O)n(Cc2cc(F)ccc2F)c2c(N3CCC[C@@H](NC(=O)O)C3)ccnc21. The van der Waals surface area contributed by atoms with E-state index in [9.17, 15) is 18.4 Å². The minimum atomic E-state index is -1.08. The molecule has 10 heteroatoms. The lowest BCUT2D eigenvalue weighted by atomic mass is 10.1. The molecule has 2 N–H and O–H groups in total. The topological polar surface area (TPSA) is 92.4 Å². The van der Waals surface area contributed by atoms with Crippen molar-refractivity contribution in [2.45, 2.75) is 25.4 Å². The van der Waals surface area contributed by atoms with Crippen molar-refractivity contribution in [2.75, 3.05) is 18.0 Å². The van der Waals surface area contributed by atoms with Crippen LogP contribution in [-0.2, 0) is 13.6 Å². The highest BCUT2D eigenvalue weighted by Crippen LogP contribution is 2.28. The summed E-state index contributed by atoms with van der Waals surface area (Å²) in [4.78, 5) is 30.2. The van der Waals surface area contributed by atoms with E-state index in [1.54, 1.807) is 19.3 Å². The summed E-state index contributed by atoms with van der Waals surface area (Å²) in [5.74, 6) is -1.19. The Morgan fingerprint density at radius 3 is 2.90 bits per heavy atom. The van der Waals surface area contributed by atoms with Crippen LogP contribution in [0.1, 0.15) is 18.4 Å². The number of aromatic nitrogens is 3. The van der Waals surface area contributed by atoms with Gasteiger partial charge in [0.2, 0.25) is 0 Å². The van der Waals surface area contributed by atoms with Crippen molar-refractivity contribution in [2.24, 2.45) is 7.05 Å². The van der Waals surface area contributed by atoms with Crippen molar-refractivity contribution < 1.29 is 18.7 Å². The van der Waals surface area contributed by atoms with E-state index < -0.39 is 23.4 Å². The smallest absolute Gasteiger partial charge is 0.404 e. The fraction of sp³-hybridized carbons (Fsp3) is 0.350. The standard InChI is InChI=1S/C20H21F2N5O3/c1-25-18-17(27(20(25)30)10-12-9-13(21)4-5-15(12)22)16(6-7-23-18)26-8-2-3-14(11-26)24-19(28)29/h4-7,9,14,24H,2-3,8,10-11H2,1H3,(H,28,29)/t14-/m1/s1. The van der Waals surface area contributed by atoms with Gasteiger partial charge < -0.3 is 15.3 Å². The maximum Gasteiger partial charge on any atom is 0.404 e. The maximum atomic E-state index is 14.2. The Balaban J connectivity index is 1.80. The number of aryl methyl sites for hydroxylation is 1. The highest BCUT2D eigenvalue weighted by molar-refractivity contribution is 5.87. The van der Waals surface area contributed by atoms with E-state index in [4.69, 9.17) is 5.11 Å². The Morgan fingerprint density at radius 2 is 2.13 bits per heavy atom. The number of hydrogen-bond donors (Lipinski definition) is 2. The maximum absolute atomic E-state index is 14.2. The zero-order valence-corrected chi connectivity index (χ0v) is 16.3. The first-order valence-corrected chi connectivity index (χ1v) is 9.57. The molecule has 1 fully saturated rings. The molecule has 2 aromatic heterocycles. The Morgan fingerprint density at radius 1 is 1.33 bits per heavy atom. The second-order valence-electron chi connectivity index (χ2n) is 7.40. The molecule has 0 aliphatic carbocycles. The predicted octanol–water partition coefficient (Wildman–Crippen LogP) is 2.30. The number of pyridine rings is 1. The number of carbonyl (C=O) groups is 1. The lowest BCUT2D eigenvalue weighted by Gasteiger charge is -2.34. The number of benzene rings is 1. The van der Waals surface area contributed by atoms with Crippen LogP contribution in [0.3, 0.4) is 0 Å². The van der Waals surface area contributed by atoms with Crippen LogP contribution in [0.5, 0.6) is 0 Å². The van der Waals surface area contributed by atoms with Crippen LogP contribution < -0.4 is 15.9 Å². The number of imidazole rings is 1. The first-order valence-electron chi connectivity index (χ1n) is 9.57. The molecule has 0 spiro atoms. The molecule has 4 rings (SSSR count). The molecule has 3 heterocycles. The Labute approximate surface area is 170 Å². The van der Waals surface area contributed by atoms with E-state index in [2.05, 4.69) is 10.3 Å². The number of hydrogen-bond acceptors (Lipinski definition) is 4. The molecule has 3 aromatic rings. The molecule has 0 bridgehead atoms. The normalized spacial score (nSPS) is 16.8. The van der Waals surface area contributed by atoms with E-state index in [0.717, 1.165) is 24.6 Å². The van der Waals surface area contributed by atoms with E-state index in [0.29, 0.717) is 36.4 Å². The number of nitrogens with one attached hydrogen (secondary N) is 1. The van der Waals surface area contributed by atoms with Crippen molar-refractivity contribution in [3.8, 4) is 0 Å². The van der Waals surface area contributed by atoms with Crippen LogP contribution in [0.25, 0.3) is 11.2 Å². The summed E-state index contributed by atoms with van der Waals surface area (Å²) in [7, 11) is 1.57. The minimum absolute atomic E-state index is 0.0588. The van der Waals surface area contributed by atoms with Gasteiger partial charge in [0.15, 0.2) is 5.65 Å². The van der Waals surface area contributed by atoms with E-state index in [1.807, 2.05) is 4.90 Å². The van der Waals surface area contributed by atoms with Crippen molar-refractivity contribution in [1.82, 2.24) is 19.4 Å². The number of fused-ring (bicyclic) bond motifs is 1. The number of anilines is 1. The zero-order chi connectivity index (χ0) is 21.4. The molecule has 0 radical (unpaired) electrons. The molecule has 30 heavy (non-hydrogen) atoms. The summed E-state index contributed by atoms with van der Waals surface area (Å²) in [6.45, 7) is 0.959. The largest absolute Gasteiger partial charge is 0.465 e. The van der Waals surface area contributed by atoms with Crippen molar-refractivity contribution >= 4 is 22.9 Å². The van der Waals surface area contributed by atoms with Crippen LogP contribution in [0, 0.1) is 11.6 Å². The molecule has 1 amide bonds. The molecule has 1 atom stereocenters. The van der Waals surface area contributed by atoms with E-state index >= 15 is 0 Å². The third-order valence-electron chi connectivity index (χ3n) is 5.42. The van der Waals surface area contributed by atoms with Gasteiger partial charge in [-0.3, -0.25) is 9.13 Å². The number of piperidine rings is 1. The third kappa shape index (κ3) is 3.60. The minimum Gasteiger partial charge on any atom is -0.465 e. The molecular weight excluding hydrogens is 396 g/mol. The van der Waals surface area contributed by atoms with Crippen LogP contribution in [0.15, 0.2) is 35.3 Å². The number of nitrogens with zero attached hydrogens (tertiary/aromatic N) is 4. The van der Waals surface area contributed by atoms with Gasteiger partial charge in [-0.25, -0.2) is 23.4 Å². The quantitative estimate of drug-likeness (QED) is 0.680. The fourth-order valence-electron chi connectivity index (χ4n) is 4.03. The third-order valence-corrected chi connectivity index (χ3v) is 5.42. The van der Waals surface area contributed by atoms with Gasteiger partial charge in [-0.2, -0.15) is 0 Å². The van der Waals surface area contributed by atoms with Gasteiger partial charge in [0.25, 0.3) is 0 Å². The molecule has 0 saturated carbocycles. The molecule has 1 aliphatic heterocycles. The number of halogens is 2.